The summed E-state index contributed by atoms with van der Waals surface area (Å²) in [6.45, 7) is 6.27. The van der Waals surface area contributed by atoms with Crippen LogP contribution in [0.4, 0.5) is 0 Å². The van der Waals surface area contributed by atoms with E-state index in [1.54, 1.807) is 13.8 Å². The Bertz CT molecular complexity index is 266. The minimum absolute atomic E-state index is 0.243. The average Bonchev–Trinajstić information content (AvgIpc) is 2.37. The van der Waals surface area contributed by atoms with Gasteiger partial charge in [0.25, 0.3) is 0 Å². The van der Waals surface area contributed by atoms with Crippen molar-refractivity contribution in [1.29, 1.82) is 0 Å². The first-order valence-electron chi connectivity index (χ1n) is 7.07. The van der Waals surface area contributed by atoms with Crippen LogP contribution in [-0.2, 0) is 14.3 Å². The molecule has 3 unspecified atom stereocenters. The second-order valence-electron chi connectivity index (χ2n) is 5.51. The highest BCUT2D eigenvalue weighted by Crippen LogP contribution is 2.28. The zero-order valence-electron chi connectivity index (χ0n) is 11.9. The van der Waals surface area contributed by atoms with Crippen molar-refractivity contribution in [2.75, 3.05) is 13.2 Å². The molecule has 4 heteroatoms. The number of ether oxygens (including phenoxy) is 2. The van der Waals surface area contributed by atoms with Crippen LogP contribution in [0.5, 0.6) is 0 Å². The summed E-state index contributed by atoms with van der Waals surface area (Å²) >= 11 is 0. The van der Waals surface area contributed by atoms with Crippen molar-refractivity contribution >= 4 is 5.97 Å². The Balaban J connectivity index is 2.37. The zero-order valence-corrected chi connectivity index (χ0v) is 11.9. The first-order valence-corrected chi connectivity index (χ1v) is 7.07. The third-order valence-corrected chi connectivity index (χ3v) is 3.67. The Hall–Kier alpha value is -0.610. The first kappa shape index (κ1) is 15.4. The Labute approximate surface area is 110 Å². The molecule has 4 nitrogen and oxygen atoms in total. The fraction of sp³-hybridized carbons (Fsp3) is 0.929. The van der Waals surface area contributed by atoms with Crippen LogP contribution >= 0.6 is 0 Å². The predicted molar refractivity (Wildman–Crippen MR) is 71.2 cm³/mol. The van der Waals surface area contributed by atoms with Gasteiger partial charge in [-0.25, -0.2) is 4.79 Å². The van der Waals surface area contributed by atoms with Crippen molar-refractivity contribution in [2.45, 2.75) is 64.5 Å². The van der Waals surface area contributed by atoms with Crippen LogP contribution in [-0.4, -0.2) is 30.8 Å². The molecule has 106 valence electrons. The van der Waals surface area contributed by atoms with Gasteiger partial charge in [-0.3, -0.25) is 0 Å². The molecule has 0 radical (unpaired) electrons. The van der Waals surface area contributed by atoms with Gasteiger partial charge in [-0.1, -0.05) is 26.2 Å². The molecule has 0 saturated heterocycles. The summed E-state index contributed by atoms with van der Waals surface area (Å²) in [5.74, 6) is 0.378. The molecule has 0 heterocycles. The van der Waals surface area contributed by atoms with Crippen LogP contribution in [0.1, 0.15) is 52.9 Å². The van der Waals surface area contributed by atoms with Gasteiger partial charge < -0.3 is 15.2 Å². The molecule has 18 heavy (non-hydrogen) atoms. The van der Waals surface area contributed by atoms with E-state index in [2.05, 4.69) is 6.92 Å². The largest absolute Gasteiger partial charge is 0.465 e. The molecule has 3 atom stereocenters. The second kappa shape index (κ2) is 7.10. The molecule has 0 amide bonds. The van der Waals surface area contributed by atoms with E-state index in [9.17, 15) is 4.79 Å². The predicted octanol–water partition coefficient (Wildman–Crippen LogP) is 2.25. The summed E-state index contributed by atoms with van der Waals surface area (Å²) in [7, 11) is 0. The van der Waals surface area contributed by atoms with Crippen LogP contribution in [0.15, 0.2) is 0 Å². The molecule has 0 aliphatic heterocycles. The van der Waals surface area contributed by atoms with E-state index in [1.165, 1.54) is 19.3 Å². The lowest BCUT2D eigenvalue weighted by molar-refractivity contribution is -0.152. The molecule has 0 bridgehead atoms. The molecule has 1 saturated carbocycles. The van der Waals surface area contributed by atoms with Crippen molar-refractivity contribution in [3.63, 3.8) is 0 Å². The number of esters is 1. The monoisotopic (exact) mass is 257 g/mol. The van der Waals surface area contributed by atoms with Gasteiger partial charge in [0.15, 0.2) is 0 Å². The Morgan fingerprint density at radius 1 is 1.39 bits per heavy atom. The van der Waals surface area contributed by atoms with Crippen molar-refractivity contribution in [2.24, 2.45) is 11.7 Å². The highest BCUT2D eigenvalue weighted by atomic mass is 16.5. The lowest BCUT2D eigenvalue weighted by Gasteiger charge is -2.31. The Morgan fingerprint density at radius 3 is 2.72 bits per heavy atom. The minimum atomic E-state index is -1.03. The Kier molecular flexibility index (Phi) is 6.09. The van der Waals surface area contributed by atoms with E-state index in [0.29, 0.717) is 6.61 Å². The molecule has 0 aromatic carbocycles. The third-order valence-electron chi connectivity index (χ3n) is 3.67. The van der Waals surface area contributed by atoms with E-state index in [-0.39, 0.29) is 18.7 Å². The molecular weight excluding hydrogens is 230 g/mol. The zero-order chi connectivity index (χ0) is 13.6. The van der Waals surface area contributed by atoms with Crippen LogP contribution in [0.3, 0.4) is 0 Å². The number of hydrogen-bond acceptors (Lipinski definition) is 4. The van der Waals surface area contributed by atoms with E-state index in [1.807, 2.05) is 0 Å². The smallest absolute Gasteiger partial charge is 0.328 e. The van der Waals surface area contributed by atoms with Gasteiger partial charge in [0.05, 0.1) is 19.3 Å². The molecule has 0 spiro atoms. The summed E-state index contributed by atoms with van der Waals surface area (Å²) in [4.78, 5) is 11.6. The lowest BCUT2D eigenvalue weighted by atomic mass is 9.85. The van der Waals surface area contributed by atoms with Crippen molar-refractivity contribution in [3.8, 4) is 0 Å². The van der Waals surface area contributed by atoms with Gasteiger partial charge in [-0.2, -0.15) is 0 Å². The summed E-state index contributed by atoms with van der Waals surface area (Å²) in [6, 6.07) is 0. The summed E-state index contributed by atoms with van der Waals surface area (Å²) in [6.07, 6.45) is 6.14. The van der Waals surface area contributed by atoms with Gasteiger partial charge in [-0.05, 0) is 32.6 Å². The SMILES string of the molecule is CCOC(=O)C(C)(N)COC1CCCC(CC)C1. The highest BCUT2D eigenvalue weighted by molar-refractivity contribution is 5.80. The summed E-state index contributed by atoms with van der Waals surface area (Å²) < 4.78 is 10.8. The molecule has 2 N–H and O–H groups in total. The van der Waals surface area contributed by atoms with Crippen molar-refractivity contribution < 1.29 is 14.3 Å². The van der Waals surface area contributed by atoms with E-state index >= 15 is 0 Å². The van der Waals surface area contributed by atoms with Gasteiger partial charge in [0.1, 0.15) is 5.54 Å². The fourth-order valence-electron chi connectivity index (χ4n) is 2.41. The topological polar surface area (TPSA) is 61.5 Å². The van der Waals surface area contributed by atoms with Crippen LogP contribution in [0.2, 0.25) is 0 Å². The third kappa shape index (κ3) is 4.58. The van der Waals surface area contributed by atoms with Gasteiger partial charge >= 0.3 is 5.97 Å². The quantitative estimate of drug-likeness (QED) is 0.741. The molecule has 1 aliphatic carbocycles. The van der Waals surface area contributed by atoms with Crippen LogP contribution in [0, 0.1) is 5.92 Å². The maximum Gasteiger partial charge on any atom is 0.328 e. The van der Waals surface area contributed by atoms with Crippen LogP contribution in [0.25, 0.3) is 0 Å². The van der Waals surface area contributed by atoms with Crippen LogP contribution < -0.4 is 5.73 Å². The number of carbonyl (C=O) groups excluding carboxylic acids is 1. The molecule has 1 rings (SSSR count). The van der Waals surface area contributed by atoms with E-state index in [0.717, 1.165) is 18.8 Å². The standard InChI is InChI=1S/C14H27NO3/c1-4-11-7-6-8-12(9-11)18-10-14(3,15)13(16)17-5-2/h11-12H,4-10,15H2,1-3H3. The summed E-state index contributed by atoms with van der Waals surface area (Å²) in [5.41, 5.74) is 4.90. The van der Waals surface area contributed by atoms with Crippen molar-refractivity contribution in [1.82, 2.24) is 0 Å². The highest BCUT2D eigenvalue weighted by Gasteiger charge is 2.32. The number of hydrogen-bond donors (Lipinski definition) is 1. The van der Waals surface area contributed by atoms with Crippen molar-refractivity contribution in [3.05, 3.63) is 0 Å². The maximum absolute atomic E-state index is 11.6. The van der Waals surface area contributed by atoms with E-state index in [4.69, 9.17) is 15.2 Å². The number of nitrogens with two attached hydrogens (primary N) is 1. The maximum atomic E-state index is 11.6. The van der Waals surface area contributed by atoms with Gasteiger partial charge in [0, 0.05) is 0 Å². The second-order valence-corrected chi connectivity index (χ2v) is 5.51. The number of carbonyl (C=O) groups is 1. The molecular formula is C14H27NO3. The number of rotatable bonds is 6. The molecule has 1 aliphatic rings. The molecule has 0 aromatic rings. The minimum Gasteiger partial charge on any atom is -0.465 e. The lowest BCUT2D eigenvalue weighted by Crippen LogP contribution is -2.51. The molecule has 1 fully saturated rings. The summed E-state index contributed by atoms with van der Waals surface area (Å²) in [5, 5.41) is 0. The van der Waals surface area contributed by atoms with Gasteiger partial charge in [0.2, 0.25) is 0 Å². The normalized spacial score (nSPS) is 27.6. The van der Waals surface area contributed by atoms with Gasteiger partial charge in [-0.15, -0.1) is 0 Å². The van der Waals surface area contributed by atoms with E-state index < -0.39 is 5.54 Å². The Morgan fingerprint density at radius 2 is 2.11 bits per heavy atom. The average molecular weight is 257 g/mol. The molecule has 0 aromatic heterocycles. The fourth-order valence-corrected chi connectivity index (χ4v) is 2.41. The first-order chi connectivity index (χ1) is 8.49.